The smallest absolute Gasteiger partial charge is 0.0568 e. The van der Waals surface area contributed by atoms with Crippen molar-refractivity contribution in [3.63, 3.8) is 0 Å². The lowest BCUT2D eigenvalue weighted by Gasteiger charge is -2.07. The Hall–Kier alpha value is -1.68. The Morgan fingerprint density at radius 3 is 2.47 bits per heavy atom. The van der Waals surface area contributed by atoms with Gasteiger partial charge in [0.15, 0.2) is 0 Å². The van der Waals surface area contributed by atoms with E-state index in [-0.39, 0.29) is 0 Å². The summed E-state index contributed by atoms with van der Waals surface area (Å²) in [4.78, 5) is 2.70. The minimum atomic E-state index is 0.619. The Labute approximate surface area is 105 Å². The van der Waals surface area contributed by atoms with Gasteiger partial charge in [-0.3, -0.25) is 0 Å². The minimum Gasteiger partial charge on any atom is -0.397 e. The summed E-state index contributed by atoms with van der Waals surface area (Å²) in [5, 5.41) is 3.34. The van der Waals surface area contributed by atoms with Gasteiger partial charge in [-0.15, -0.1) is 11.3 Å². The maximum Gasteiger partial charge on any atom is 0.0568 e. The first kappa shape index (κ1) is 11.8. The molecule has 2 aromatic rings. The average molecular weight is 247 g/mol. The van der Waals surface area contributed by atoms with Gasteiger partial charge in [-0.25, -0.2) is 0 Å². The number of benzene rings is 1. The number of hydrogen-bond acceptors (Lipinski definition) is 4. The quantitative estimate of drug-likeness (QED) is 0.730. The van der Waals surface area contributed by atoms with Crippen molar-refractivity contribution in [1.82, 2.24) is 0 Å². The van der Waals surface area contributed by atoms with Gasteiger partial charge in [0.1, 0.15) is 0 Å². The molecule has 0 saturated carbocycles. The van der Waals surface area contributed by atoms with Crippen LogP contribution in [0, 0.1) is 13.8 Å². The lowest BCUT2D eigenvalue weighted by Crippen LogP contribution is -2.00. The molecule has 3 nitrogen and oxygen atoms in total. The molecular weight excluding hydrogens is 230 g/mol. The molecule has 1 aromatic heterocycles. The molecule has 1 aromatic carbocycles. The molecule has 2 rings (SSSR count). The zero-order valence-electron chi connectivity index (χ0n) is 10.1. The van der Waals surface area contributed by atoms with E-state index in [9.17, 15) is 0 Å². The van der Waals surface area contributed by atoms with Crippen LogP contribution < -0.4 is 16.8 Å². The number of hydrogen-bond donors (Lipinski definition) is 3. The van der Waals surface area contributed by atoms with Crippen LogP contribution in [0.4, 0.5) is 17.1 Å². The zero-order valence-corrected chi connectivity index (χ0v) is 10.9. The molecule has 0 aliphatic rings. The molecule has 0 spiro atoms. The second-order valence-corrected chi connectivity index (χ2v) is 5.49. The second-order valence-electron chi connectivity index (χ2n) is 4.15. The molecule has 0 amide bonds. The largest absolute Gasteiger partial charge is 0.397 e. The Balaban J connectivity index is 2.04. The standard InChI is InChI=1S/C13H17N3S/c1-8-5-11(17-9(8)2)7-16-10-3-4-12(14)13(15)6-10/h3-6,16H,7,14-15H2,1-2H3. The van der Waals surface area contributed by atoms with Gasteiger partial charge in [0, 0.05) is 22.0 Å². The summed E-state index contributed by atoms with van der Waals surface area (Å²) in [7, 11) is 0. The first-order valence-corrected chi connectivity index (χ1v) is 6.32. The molecule has 90 valence electrons. The Bertz CT molecular complexity index is 512. The first-order valence-electron chi connectivity index (χ1n) is 5.51. The summed E-state index contributed by atoms with van der Waals surface area (Å²) >= 11 is 1.82. The molecule has 17 heavy (non-hydrogen) atoms. The molecule has 0 atom stereocenters. The van der Waals surface area contributed by atoms with Gasteiger partial charge < -0.3 is 16.8 Å². The van der Waals surface area contributed by atoms with E-state index in [1.807, 2.05) is 29.5 Å². The molecule has 0 radical (unpaired) electrons. The maximum absolute atomic E-state index is 5.76. The minimum absolute atomic E-state index is 0.619. The monoisotopic (exact) mass is 247 g/mol. The first-order chi connectivity index (χ1) is 8.06. The second kappa shape index (κ2) is 4.67. The fourth-order valence-electron chi connectivity index (χ4n) is 1.61. The summed E-state index contributed by atoms with van der Waals surface area (Å²) in [6.45, 7) is 5.10. The van der Waals surface area contributed by atoms with Gasteiger partial charge in [0.25, 0.3) is 0 Å². The van der Waals surface area contributed by atoms with Crippen molar-refractivity contribution in [2.45, 2.75) is 20.4 Å². The fourth-order valence-corrected chi connectivity index (χ4v) is 2.60. The van der Waals surface area contributed by atoms with Gasteiger partial charge in [-0.2, -0.15) is 0 Å². The predicted molar refractivity (Wildman–Crippen MR) is 76.4 cm³/mol. The maximum atomic E-state index is 5.76. The molecule has 0 unspecified atom stereocenters. The average Bonchev–Trinajstić information content (AvgIpc) is 2.60. The van der Waals surface area contributed by atoms with Crippen molar-refractivity contribution in [3.8, 4) is 0 Å². The third-order valence-electron chi connectivity index (χ3n) is 2.77. The Morgan fingerprint density at radius 1 is 1.12 bits per heavy atom. The molecule has 0 fully saturated rings. The van der Waals surface area contributed by atoms with E-state index >= 15 is 0 Å². The van der Waals surface area contributed by atoms with Crippen LogP contribution in [0.15, 0.2) is 24.3 Å². The van der Waals surface area contributed by atoms with Crippen molar-refractivity contribution in [1.29, 1.82) is 0 Å². The van der Waals surface area contributed by atoms with E-state index in [2.05, 4.69) is 25.2 Å². The number of nitrogens with one attached hydrogen (secondary N) is 1. The lowest BCUT2D eigenvalue weighted by atomic mass is 10.2. The van der Waals surface area contributed by atoms with E-state index in [0.717, 1.165) is 12.2 Å². The summed E-state index contributed by atoms with van der Waals surface area (Å²) in [6, 6.07) is 7.85. The van der Waals surface area contributed by atoms with Gasteiger partial charge in [-0.1, -0.05) is 0 Å². The predicted octanol–water partition coefficient (Wildman–Crippen LogP) is 3.14. The van der Waals surface area contributed by atoms with E-state index < -0.39 is 0 Å². The van der Waals surface area contributed by atoms with Crippen molar-refractivity contribution in [2.24, 2.45) is 0 Å². The van der Waals surface area contributed by atoms with Crippen LogP contribution in [0.5, 0.6) is 0 Å². The highest BCUT2D eigenvalue weighted by molar-refractivity contribution is 7.12. The molecule has 0 saturated heterocycles. The van der Waals surface area contributed by atoms with E-state index in [4.69, 9.17) is 11.5 Å². The SMILES string of the molecule is Cc1cc(CNc2ccc(N)c(N)c2)sc1C. The van der Waals surface area contributed by atoms with Gasteiger partial charge >= 0.3 is 0 Å². The van der Waals surface area contributed by atoms with Crippen LogP contribution in [0.3, 0.4) is 0 Å². The lowest BCUT2D eigenvalue weighted by molar-refractivity contribution is 1.19. The molecular formula is C13H17N3S. The van der Waals surface area contributed by atoms with Crippen molar-refractivity contribution in [2.75, 3.05) is 16.8 Å². The third kappa shape index (κ3) is 2.71. The number of nitrogen functional groups attached to an aromatic ring is 2. The highest BCUT2D eigenvalue weighted by atomic mass is 32.1. The molecule has 0 bridgehead atoms. The summed E-state index contributed by atoms with van der Waals surface area (Å²) in [5.41, 5.74) is 15.0. The molecule has 0 aliphatic heterocycles. The van der Waals surface area contributed by atoms with E-state index in [0.29, 0.717) is 11.4 Å². The highest BCUT2D eigenvalue weighted by Gasteiger charge is 2.02. The number of thiophene rings is 1. The van der Waals surface area contributed by atoms with E-state index in [1.54, 1.807) is 0 Å². The number of aryl methyl sites for hydroxylation is 2. The Morgan fingerprint density at radius 2 is 1.88 bits per heavy atom. The van der Waals surface area contributed by atoms with Crippen molar-refractivity contribution < 1.29 is 0 Å². The van der Waals surface area contributed by atoms with Crippen LogP contribution in [-0.2, 0) is 6.54 Å². The summed E-state index contributed by atoms with van der Waals surface area (Å²) in [5.74, 6) is 0. The van der Waals surface area contributed by atoms with Crippen molar-refractivity contribution >= 4 is 28.4 Å². The van der Waals surface area contributed by atoms with E-state index in [1.165, 1.54) is 15.3 Å². The van der Waals surface area contributed by atoms with Gasteiger partial charge in [0.05, 0.1) is 11.4 Å². The van der Waals surface area contributed by atoms with Crippen LogP contribution in [0.25, 0.3) is 0 Å². The topological polar surface area (TPSA) is 64.1 Å². The van der Waals surface area contributed by atoms with Crippen LogP contribution in [0.2, 0.25) is 0 Å². The zero-order chi connectivity index (χ0) is 12.4. The Kier molecular flexibility index (Phi) is 3.24. The number of nitrogens with two attached hydrogens (primary N) is 2. The van der Waals surface area contributed by atoms with Crippen LogP contribution in [-0.4, -0.2) is 0 Å². The fraction of sp³-hybridized carbons (Fsp3) is 0.231. The molecule has 1 heterocycles. The molecule has 0 aliphatic carbocycles. The normalized spacial score (nSPS) is 10.5. The summed E-state index contributed by atoms with van der Waals surface area (Å²) in [6.07, 6.45) is 0. The molecule has 4 heteroatoms. The van der Waals surface area contributed by atoms with Crippen LogP contribution in [0.1, 0.15) is 15.3 Å². The molecule has 5 N–H and O–H groups in total. The van der Waals surface area contributed by atoms with Gasteiger partial charge in [-0.05, 0) is 43.7 Å². The van der Waals surface area contributed by atoms with Crippen LogP contribution >= 0.6 is 11.3 Å². The van der Waals surface area contributed by atoms with Gasteiger partial charge in [0.2, 0.25) is 0 Å². The summed E-state index contributed by atoms with van der Waals surface area (Å²) < 4.78 is 0. The number of rotatable bonds is 3. The highest BCUT2D eigenvalue weighted by Crippen LogP contribution is 2.23. The van der Waals surface area contributed by atoms with Crippen molar-refractivity contribution in [3.05, 3.63) is 39.6 Å². The third-order valence-corrected chi connectivity index (χ3v) is 3.92. The number of anilines is 3.